The maximum atomic E-state index is 11.6. The minimum absolute atomic E-state index is 0.0296. The highest BCUT2D eigenvalue weighted by atomic mass is 16.7. The van der Waals surface area contributed by atoms with Gasteiger partial charge in [-0.15, -0.1) is 0 Å². The lowest BCUT2D eigenvalue weighted by molar-refractivity contribution is -0.213. The Kier molecular flexibility index (Phi) is 3.37. The lowest BCUT2D eigenvalue weighted by Crippen LogP contribution is -2.33. The van der Waals surface area contributed by atoms with Crippen LogP contribution in [0.3, 0.4) is 0 Å². The van der Waals surface area contributed by atoms with Crippen molar-refractivity contribution in [3.8, 4) is 0 Å². The maximum Gasteiger partial charge on any atom is 0.158 e. The van der Waals surface area contributed by atoms with Gasteiger partial charge in [-0.1, -0.05) is 0 Å². The first-order valence-corrected chi connectivity index (χ1v) is 5.63. The summed E-state index contributed by atoms with van der Waals surface area (Å²) in [6.45, 7) is 0. The van der Waals surface area contributed by atoms with Gasteiger partial charge in [0.15, 0.2) is 12.6 Å². The number of ketones is 2. The van der Waals surface area contributed by atoms with Crippen molar-refractivity contribution in [1.29, 1.82) is 0 Å². The van der Waals surface area contributed by atoms with E-state index >= 15 is 0 Å². The van der Waals surface area contributed by atoms with Crippen LogP contribution in [-0.2, 0) is 14.3 Å². The molecule has 2 N–H and O–H groups in total. The summed E-state index contributed by atoms with van der Waals surface area (Å²) in [6, 6.07) is 0. The molecule has 16 heavy (non-hydrogen) atoms. The number of Topliss-reactive ketones (excluding diaryl/α,β-unsaturated/α-hetero) is 2. The van der Waals surface area contributed by atoms with Gasteiger partial charge in [-0.2, -0.15) is 0 Å². The Morgan fingerprint density at radius 2 is 1.62 bits per heavy atom. The van der Waals surface area contributed by atoms with Crippen molar-refractivity contribution in [1.82, 2.24) is 0 Å². The van der Waals surface area contributed by atoms with Gasteiger partial charge in [-0.3, -0.25) is 9.59 Å². The first-order valence-electron chi connectivity index (χ1n) is 5.63. The number of carbonyl (C=O) groups excluding carboxylic acids is 2. The van der Waals surface area contributed by atoms with Crippen molar-refractivity contribution in [3.05, 3.63) is 0 Å². The second-order valence-electron chi connectivity index (χ2n) is 4.60. The summed E-state index contributed by atoms with van der Waals surface area (Å²) in [5, 5.41) is 18.9. The number of fused-ring (bicyclic) bond motifs is 2. The fourth-order valence-electron chi connectivity index (χ4n) is 2.47. The molecule has 1 saturated carbocycles. The van der Waals surface area contributed by atoms with Crippen LogP contribution in [0.1, 0.15) is 32.1 Å². The molecule has 0 aromatic heterocycles. The van der Waals surface area contributed by atoms with Crippen LogP contribution in [0, 0.1) is 11.8 Å². The highest BCUT2D eigenvalue weighted by Crippen LogP contribution is 2.32. The average Bonchev–Trinajstić information content (AvgIpc) is 2.25. The molecular formula is C11H16O5. The molecule has 2 bridgehead atoms. The normalized spacial score (nSPS) is 41.1. The topological polar surface area (TPSA) is 83.8 Å². The number of ether oxygens (including phenoxy) is 1. The monoisotopic (exact) mass is 228 g/mol. The smallest absolute Gasteiger partial charge is 0.158 e. The van der Waals surface area contributed by atoms with Crippen molar-refractivity contribution < 1.29 is 24.5 Å². The second-order valence-corrected chi connectivity index (χ2v) is 4.60. The molecule has 5 heteroatoms. The largest absolute Gasteiger partial charge is 0.368 e. The first-order chi connectivity index (χ1) is 7.56. The molecule has 0 spiro atoms. The van der Waals surface area contributed by atoms with E-state index in [9.17, 15) is 19.8 Å². The van der Waals surface area contributed by atoms with Gasteiger partial charge in [0, 0.05) is 18.3 Å². The maximum absolute atomic E-state index is 11.6. The molecule has 1 aliphatic carbocycles. The van der Waals surface area contributed by atoms with Crippen LogP contribution >= 0.6 is 0 Å². The molecule has 1 aliphatic heterocycles. The van der Waals surface area contributed by atoms with Crippen molar-refractivity contribution in [2.75, 3.05) is 0 Å². The summed E-state index contributed by atoms with van der Waals surface area (Å²) in [7, 11) is 0. The Morgan fingerprint density at radius 3 is 2.38 bits per heavy atom. The predicted octanol–water partition coefficient (Wildman–Crippen LogP) is -0.0119. The van der Waals surface area contributed by atoms with Gasteiger partial charge >= 0.3 is 0 Å². The summed E-state index contributed by atoms with van der Waals surface area (Å²) < 4.78 is 4.91. The van der Waals surface area contributed by atoms with Gasteiger partial charge < -0.3 is 14.9 Å². The molecule has 90 valence electrons. The predicted molar refractivity (Wildman–Crippen MR) is 53.2 cm³/mol. The van der Waals surface area contributed by atoms with E-state index in [1.54, 1.807) is 0 Å². The molecule has 5 nitrogen and oxygen atoms in total. The van der Waals surface area contributed by atoms with E-state index in [1.807, 2.05) is 0 Å². The molecule has 0 radical (unpaired) electrons. The van der Waals surface area contributed by atoms with Crippen LogP contribution in [0.5, 0.6) is 0 Å². The Bertz CT molecular complexity index is 301. The number of rotatable bonds is 0. The number of hydrogen-bond acceptors (Lipinski definition) is 5. The van der Waals surface area contributed by atoms with Crippen LogP contribution in [0.15, 0.2) is 0 Å². The molecule has 2 rings (SSSR count). The molecule has 1 saturated heterocycles. The minimum Gasteiger partial charge on any atom is -0.368 e. The van der Waals surface area contributed by atoms with Crippen molar-refractivity contribution in [2.45, 2.75) is 44.7 Å². The molecule has 4 unspecified atom stereocenters. The van der Waals surface area contributed by atoms with Crippen LogP contribution in [0.4, 0.5) is 0 Å². The standard InChI is InChI=1S/C11H16O5/c12-8-5-9(13)7-3-6(8)1-2-10(14)16-11(15)4-7/h6-7,10-11,14-15H,1-5H2. The Balaban J connectivity index is 2.13. The summed E-state index contributed by atoms with van der Waals surface area (Å²) in [6.07, 6.45) is -0.666. The highest BCUT2D eigenvalue weighted by Gasteiger charge is 2.37. The Morgan fingerprint density at radius 1 is 0.938 bits per heavy atom. The molecule has 2 fully saturated rings. The number of aliphatic hydroxyl groups excluding tert-OH is 2. The van der Waals surface area contributed by atoms with Gasteiger partial charge in [0.1, 0.15) is 11.6 Å². The van der Waals surface area contributed by atoms with Crippen molar-refractivity contribution in [3.63, 3.8) is 0 Å². The highest BCUT2D eigenvalue weighted by molar-refractivity contribution is 6.03. The van der Waals surface area contributed by atoms with Gasteiger partial charge in [-0.25, -0.2) is 0 Å². The van der Waals surface area contributed by atoms with Crippen LogP contribution < -0.4 is 0 Å². The second kappa shape index (κ2) is 4.61. The lowest BCUT2D eigenvalue weighted by atomic mass is 9.76. The Labute approximate surface area is 93.4 Å². The van der Waals surface area contributed by atoms with E-state index < -0.39 is 12.6 Å². The summed E-state index contributed by atoms with van der Waals surface area (Å²) in [4.78, 5) is 23.1. The average molecular weight is 228 g/mol. The fraction of sp³-hybridized carbons (Fsp3) is 0.818. The lowest BCUT2D eigenvalue weighted by Gasteiger charge is -2.26. The van der Waals surface area contributed by atoms with Crippen molar-refractivity contribution >= 4 is 11.6 Å². The van der Waals surface area contributed by atoms with E-state index in [2.05, 4.69) is 0 Å². The zero-order valence-corrected chi connectivity index (χ0v) is 8.96. The first kappa shape index (κ1) is 11.7. The van der Waals surface area contributed by atoms with Crippen LogP contribution in [-0.4, -0.2) is 34.4 Å². The molecule has 4 atom stereocenters. The minimum atomic E-state index is -1.11. The summed E-state index contributed by atoms with van der Waals surface area (Å²) in [5.74, 6) is -0.612. The van der Waals surface area contributed by atoms with E-state index in [4.69, 9.17) is 4.74 Å². The third kappa shape index (κ3) is 2.48. The number of hydrogen-bond donors (Lipinski definition) is 2. The molecule has 0 aromatic carbocycles. The zero-order chi connectivity index (χ0) is 11.7. The van der Waals surface area contributed by atoms with E-state index in [0.717, 1.165) is 0 Å². The van der Waals surface area contributed by atoms with Gasteiger partial charge in [-0.05, 0) is 19.3 Å². The summed E-state index contributed by atoms with van der Waals surface area (Å²) in [5.41, 5.74) is 0. The Hall–Kier alpha value is -0.780. The molecule has 0 aromatic rings. The van der Waals surface area contributed by atoms with E-state index in [-0.39, 0.29) is 36.2 Å². The quantitative estimate of drug-likeness (QED) is 0.570. The van der Waals surface area contributed by atoms with Gasteiger partial charge in [0.05, 0.1) is 6.42 Å². The SMILES string of the molecule is O=C1CC(=O)C2CC(O)OC(O)CCC1C2. The number of aliphatic hydroxyl groups is 2. The van der Waals surface area contributed by atoms with Gasteiger partial charge in [0.2, 0.25) is 0 Å². The summed E-state index contributed by atoms with van der Waals surface area (Å²) >= 11 is 0. The third-order valence-electron chi connectivity index (χ3n) is 3.39. The number of carbonyl (C=O) groups is 2. The molecular weight excluding hydrogens is 212 g/mol. The fourth-order valence-corrected chi connectivity index (χ4v) is 2.47. The van der Waals surface area contributed by atoms with Crippen LogP contribution in [0.2, 0.25) is 0 Å². The van der Waals surface area contributed by atoms with Crippen molar-refractivity contribution in [2.24, 2.45) is 11.8 Å². The molecule has 2 aliphatic rings. The van der Waals surface area contributed by atoms with Crippen LogP contribution in [0.25, 0.3) is 0 Å². The molecule has 0 amide bonds. The molecule has 1 heterocycles. The zero-order valence-electron chi connectivity index (χ0n) is 8.96. The van der Waals surface area contributed by atoms with E-state index in [0.29, 0.717) is 19.3 Å². The third-order valence-corrected chi connectivity index (χ3v) is 3.39. The van der Waals surface area contributed by atoms with E-state index in [1.165, 1.54) is 0 Å². The van der Waals surface area contributed by atoms with Gasteiger partial charge in [0.25, 0.3) is 0 Å².